The number of hydrogen-bond donors (Lipinski definition) is 1. The molecular weight excluding hydrogens is 208 g/mol. The molecule has 0 unspecified atom stereocenters. The van der Waals surface area contributed by atoms with Crippen LogP contribution in [0.5, 0.6) is 0 Å². The average molecular weight is 226 g/mol. The lowest BCUT2D eigenvalue weighted by atomic mass is 9.91. The number of aliphatic hydroxyl groups is 1. The van der Waals surface area contributed by atoms with Crippen LogP contribution in [0.4, 0.5) is 0 Å². The number of azide groups is 1. The van der Waals surface area contributed by atoms with Gasteiger partial charge in [-0.1, -0.05) is 18.5 Å². The van der Waals surface area contributed by atoms with E-state index in [0.29, 0.717) is 19.5 Å². The van der Waals surface area contributed by atoms with Gasteiger partial charge in [0.2, 0.25) is 5.91 Å². The van der Waals surface area contributed by atoms with Gasteiger partial charge >= 0.3 is 0 Å². The minimum absolute atomic E-state index is 0.120. The fraction of sp³-hybridized carbons (Fsp3) is 0.900. The van der Waals surface area contributed by atoms with E-state index in [1.807, 2.05) is 0 Å². The molecule has 90 valence electrons. The first kappa shape index (κ1) is 12.8. The fourth-order valence-corrected chi connectivity index (χ4v) is 2.09. The summed E-state index contributed by atoms with van der Waals surface area (Å²) in [5.41, 5.74) is 8.14. The number of nitrogens with zero attached hydrogens (tertiary/aromatic N) is 4. The Morgan fingerprint density at radius 1 is 1.69 bits per heavy atom. The van der Waals surface area contributed by atoms with Crippen molar-refractivity contribution in [3.05, 3.63) is 10.4 Å². The van der Waals surface area contributed by atoms with Gasteiger partial charge in [-0.2, -0.15) is 0 Å². The third-order valence-electron chi connectivity index (χ3n) is 2.98. The summed E-state index contributed by atoms with van der Waals surface area (Å²) in [5.74, 6) is 0.0135. The topological polar surface area (TPSA) is 89.3 Å². The first-order valence-electron chi connectivity index (χ1n) is 5.65. The van der Waals surface area contributed by atoms with Gasteiger partial charge in [0, 0.05) is 23.9 Å². The van der Waals surface area contributed by atoms with Crippen molar-refractivity contribution in [1.82, 2.24) is 4.90 Å². The van der Waals surface area contributed by atoms with Crippen LogP contribution in [0, 0.1) is 5.92 Å². The van der Waals surface area contributed by atoms with Gasteiger partial charge in [0.05, 0.1) is 6.10 Å². The SMILES string of the molecule is CCC[C@H]1CN(C(=O)CN=[N+]=[N-])CC[C@@H]1O. The quantitative estimate of drug-likeness (QED) is 0.445. The van der Waals surface area contributed by atoms with E-state index in [2.05, 4.69) is 16.9 Å². The second kappa shape index (κ2) is 6.35. The molecule has 0 radical (unpaired) electrons. The molecule has 1 saturated heterocycles. The molecule has 6 heteroatoms. The Labute approximate surface area is 94.9 Å². The molecule has 0 aromatic heterocycles. The van der Waals surface area contributed by atoms with Crippen LogP contribution < -0.4 is 0 Å². The highest BCUT2D eigenvalue weighted by Gasteiger charge is 2.28. The van der Waals surface area contributed by atoms with Crippen molar-refractivity contribution in [2.75, 3.05) is 19.6 Å². The highest BCUT2D eigenvalue weighted by Crippen LogP contribution is 2.21. The molecule has 0 aromatic rings. The van der Waals surface area contributed by atoms with Crippen molar-refractivity contribution in [3.8, 4) is 0 Å². The Hall–Kier alpha value is -1.26. The molecule has 1 rings (SSSR count). The molecule has 0 aliphatic carbocycles. The lowest BCUT2D eigenvalue weighted by molar-refractivity contribution is -0.133. The first-order valence-corrected chi connectivity index (χ1v) is 5.65. The minimum atomic E-state index is -0.302. The van der Waals surface area contributed by atoms with Crippen LogP contribution in [-0.4, -0.2) is 41.7 Å². The molecule has 1 amide bonds. The molecule has 0 saturated carbocycles. The summed E-state index contributed by atoms with van der Waals surface area (Å²) >= 11 is 0. The number of hydrogen-bond acceptors (Lipinski definition) is 3. The van der Waals surface area contributed by atoms with Crippen LogP contribution in [0.25, 0.3) is 10.4 Å². The van der Waals surface area contributed by atoms with Gasteiger partial charge in [0.15, 0.2) is 0 Å². The number of carbonyl (C=O) groups is 1. The van der Waals surface area contributed by atoms with Crippen molar-refractivity contribution >= 4 is 5.91 Å². The number of aliphatic hydroxyl groups excluding tert-OH is 1. The first-order chi connectivity index (χ1) is 7.69. The van der Waals surface area contributed by atoms with Gasteiger partial charge in [-0.05, 0) is 18.4 Å². The van der Waals surface area contributed by atoms with E-state index in [1.165, 1.54) is 0 Å². The number of piperidine rings is 1. The molecule has 0 aromatic carbocycles. The van der Waals surface area contributed by atoms with E-state index in [1.54, 1.807) is 4.90 Å². The Morgan fingerprint density at radius 3 is 3.06 bits per heavy atom. The van der Waals surface area contributed by atoms with Crippen LogP contribution in [0.15, 0.2) is 5.11 Å². The van der Waals surface area contributed by atoms with Crippen LogP contribution in [0.3, 0.4) is 0 Å². The summed E-state index contributed by atoms with van der Waals surface area (Å²) in [6.45, 7) is 3.08. The normalized spacial score (nSPS) is 25.0. The van der Waals surface area contributed by atoms with Gasteiger partial charge in [-0.15, -0.1) is 0 Å². The zero-order valence-corrected chi connectivity index (χ0v) is 9.54. The zero-order chi connectivity index (χ0) is 12.0. The standard InChI is InChI=1S/C10H18N4O2/c1-2-3-8-7-14(5-4-9(8)15)10(16)6-12-13-11/h8-9,15H,2-7H2,1H3/t8-,9-/m0/s1. The molecule has 0 bridgehead atoms. The number of likely N-dealkylation sites (tertiary alicyclic amines) is 1. The van der Waals surface area contributed by atoms with Crippen molar-refractivity contribution in [2.45, 2.75) is 32.3 Å². The smallest absolute Gasteiger partial charge is 0.228 e. The second-order valence-corrected chi connectivity index (χ2v) is 4.13. The van der Waals surface area contributed by atoms with E-state index < -0.39 is 0 Å². The predicted octanol–water partition coefficient (Wildman–Crippen LogP) is 1.31. The summed E-state index contributed by atoms with van der Waals surface area (Å²) in [6.07, 6.45) is 2.24. The van der Waals surface area contributed by atoms with Gasteiger partial charge in [0.1, 0.15) is 6.54 Å². The Kier molecular flexibility index (Phi) is 5.08. The maximum absolute atomic E-state index is 11.6. The van der Waals surface area contributed by atoms with Gasteiger partial charge in [-0.3, -0.25) is 4.79 Å². The van der Waals surface area contributed by atoms with E-state index >= 15 is 0 Å². The Bertz CT molecular complexity index is 289. The number of carbonyl (C=O) groups excluding carboxylic acids is 1. The summed E-state index contributed by atoms with van der Waals surface area (Å²) in [5, 5.41) is 13.0. The zero-order valence-electron chi connectivity index (χ0n) is 9.54. The number of amides is 1. The van der Waals surface area contributed by atoms with Crippen LogP contribution in [0.1, 0.15) is 26.2 Å². The van der Waals surface area contributed by atoms with Crippen molar-refractivity contribution in [2.24, 2.45) is 11.0 Å². The van der Waals surface area contributed by atoms with E-state index in [-0.39, 0.29) is 24.5 Å². The van der Waals surface area contributed by atoms with Crippen molar-refractivity contribution < 1.29 is 9.90 Å². The van der Waals surface area contributed by atoms with Crippen LogP contribution in [0.2, 0.25) is 0 Å². The van der Waals surface area contributed by atoms with Crippen molar-refractivity contribution in [3.63, 3.8) is 0 Å². The lowest BCUT2D eigenvalue weighted by Gasteiger charge is -2.36. The molecule has 2 atom stereocenters. The lowest BCUT2D eigenvalue weighted by Crippen LogP contribution is -2.46. The molecule has 1 aliphatic heterocycles. The van der Waals surface area contributed by atoms with Gasteiger partial charge in [0.25, 0.3) is 0 Å². The third kappa shape index (κ3) is 3.40. The molecule has 1 N–H and O–H groups in total. The summed E-state index contributed by atoms with van der Waals surface area (Å²) in [4.78, 5) is 15.8. The molecule has 1 heterocycles. The minimum Gasteiger partial charge on any atom is -0.393 e. The van der Waals surface area contributed by atoms with E-state index in [9.17, 15) is 9.90 Å². The van der Waals surface area contributed by atoms with Crippen LogP contribution >= 0.6 is 0 Å². The maximum Gasteiger partial charge on any atom is 0.228 e. The summed E-state index contributed by atoms with van der Waals surface area (Å²) < 4.78 is 0. The van der Waals surface area contributed by atoms with Crippen LogP contribution in [-0.2, 0) is 4.79 Å². The van der Waals surface area contributed by atoms with E-state index in [0.717, 1.165) is 12.8 Å². The Morgan fingerprint density at radius 2 is 2.44 bits per heavy atom. The van der Waals surface area contributed by atoms with Gasteiger partial charge < -0.3 is 10.0 Å². The second-order valence-electron chi connectivity index (χ2n) is 4.13. The molecular formula is C10H18N4O2. The van der Waals surface area contributed by atoms with E-state index in [4.69, 9.17) is 5.53 Å². The fourth-order valence-electron chi connectivity index (χ4n) is 2.09. The summed E-state index contributed by atoms with van der Waals surface area (Å²) in [7, 11) is 0. The molecule has 1 aliphatic rings. The largest absolute Gasteiger partial charge is 0.393 e. The maximum atomic E-state index is 11.6. The predicted molar refractivity (Wildman–Crippen MR) is 59.6 cm³/mol. The highest BCUT2D eigenvalue weighted by molar-refractivity contribution is 5.78. The monoisotopic (exact) mass is 226 g/mol. The average Bonchev–Trinajstić information content (AvgIpc) is 2.29. The molecule has 6 nitrogen and oxygen atoms in total. The molecule has 16 heavy (non-hydrogen) atoms. The van der Waals surface area contributed by atoms with Gasteiger partial charge in [-0.25, -0.2) is 0 Å². The molecule has 0 spiro atoms. The highest BCUT2D eigenvalue weighted by atomic mass is 16.3. The molecule has 1 fully saturated rings. The summed E-state index contributed by atoms with van der Waals surface area (Å²) in [6, 6.07) is 0. The Balaban J connectivity index is 2.50. The van der Waals surface area contributed by atoms with Crippen molar-refractivity contribution in [1.29, 1.82) is 0 Å². The number of rotatable bonds is 4. The third-order valence-corrected chi connectivity index (χ3v) is 2.98.